The van der Waals surface area contributed by atoms with Crippen LogP contribution in [0.15, 0.2) is 30.6 Å². The van der Waals surface area contributed by atoms with E-state index in [1.807, 2.05) is 13.1 Å². The topological polar surface area (TPSA) is 50.1 Å². The molecule has 0 aliphatic rings. The molecule has 20 heavy (non-hydrogen) atoms. The molecule has 0 aliphatic heterocycles. The maximum Gasteiger partial charge on any atom is 0.102 e. The molecule has 2 N–H and O–H groups in total. The minimum Gasteiger partial charge on any atom is -0.384 e. The number of nitrogens with one attached hydrogen (secondary N) is 1. The Morgan fingerprint density at radius 1 is 1.40 bits per heavy atom. The average Bonchev–Trinajstić information content (AvgIpc) is 2.79. The van der Waals surface area contributed by atoms with Crippen molar-refractivity contribution in [3.8, 4) is 0 Å². The van der Waals surface area contributed by atoms with Gasteiger partial charge in [-0.25, -0.2) is 0 Å². The maximum atomic E-state index is 10.4. The summed E-state index contributed by atoms with van der Waals surface area (Å²) in [7, 11) is 1.82. The van der Waals surface area contributed by atoms with Crippen LogP contribution in [-0.2, 0) is 19.2 Å². The molecule has 0 aliphatic carbocycles. The Bertz CT molecular complexity index is 596. The number of nitrogens with zero attached hydrogens (tertiary/aromatic N) is 2. The number of aryl methyl sites for hydroxylation is 1. The summed E-state index contributed by atoms with van der Waals surface area (Å²) in [5, 5.41) is 18.9. The molecule has 108 valence electrons. The Balaban J connectivity index is 1.95. The van der Waals surface area contributed by atoms with E-state index in [1.54, 1.807) is 36.1 Å². The lowest BCUT2D eigenvalue weighted by molar-refractivity contribution is 0.0566. The lowest BCUT2D eigenvalue weighted by Gasteiger charge is -2.22. The van der Waals surface area contributed by atoms with E-state index in [4.69, 9.17) is 23.2 Å². The summed E-state index contributed by atoms with van der Waals surface area (Å²) in [5.41, 5.74) is 0.737. The van der Waals surface area contributed by atoms with Gasteiger partial charge in [0.2, 0.25) is 0 Å². The summed E-state index contributed by atoms with van der Waals surface area (Å²) in [6.45, 7) is 2.71. The highest BCUT2D eigenvalue weighted by atomic mass is 35.5. The van der Waals surface area contributed by atoms with Crippen molar-refractivity contribution < 1.29 is 5.11 Å². The molecule has 0 bridgehead atoms. The van der Waals surface area contributed by atoms with Gasteiger partial charge in [0.25, 0.3) is 0 Å². The third-order valence-electron chi connectivity index (χ3n) is 3.13. The summed E-state index contributed by atoms with van der Waals surface area (Å²) in [5.74, 6) is 0. The molecular weight excluding hydrogens is 297 g/mol. The van der Waals surface area contributed by atoms with Gasteiger partial charge < -0.3 is 10.4 Å². The highest BCUT2D eigenvalue weighted by molar-refractivity contribution is 6.35. The summed E-state index contributed by atoms with van der Waals surface area (Å²) in [6.07, 6.45) is 3.47. The molecule has 0 spiro atoms. The molecule has 0 radical (unpaired) electrons. The van der Waals surface area contributed by atoms with Gasteiger partial charge in [0.15, 0.2) is 0 Å². The van der Waals surface area contributed by atoms with Gasteiger partial charge in [-0.2, -0.15) is 5.10 Å². The van der Waals surface area contributed by atoms with Crippen LogP contribution in [0.25, 0.3) is 0 Å². The van der Waals surface area contributed by atoms with Crippen LogP contribution < -0.4 is 5.32 Å². The summed E-state index contributed by atoms with van der Waals surface area (Å²) in [4.78, 5) is 0. The lowest BCUT2D eigenvalue weighted by atomic mass is 9.99. The van der Waals surface area contributed by atoms with E-state index in [-0.39, 0.29) is 0 Å². The second-order valence-electron chi connectivity index (χ2n) is 5.02. The van der Waals surface area contributed by atoms with Crippen molar-refractivity contribution in [1.29, 1.82) is 0 Å². The fourth-order valence-electron chi connectivity index (χ4n) is 1.91. The molecule has 1 heterocycles. The first-order chi connectivity index (χ1) is 9.38. The van der Waals surface area contributed by atoms with Crippen LogP contribution in [0, 0.1) is 0 Å². The molecule has 0 saturated heterocycles. The number of benzene rings is 1. The third kappa shape index (κ3) is 3.73. The van der Waals surface area contributed by atoms with E-state index in [9.17, 15) is 5.11 Å². The number of hydrogen-bond donors (Lipinski definition) is 2. The molecule has 0 saturated carbocycles. The number of hydrogen-bond acceptors (Lipinski definition) is 3. The molecular formula is C14H17Cl2N3O. The Hall–Kier alpha value is -1.07. The van der Waals surface area contributed by atoms with Crippen molar-refractivity contribution in [2.45, 2.75) is 19.1 Å². The van der Waals surface area contributed by atoms with E-state index in [0.717, 1.165) is 11.1 Å². The minimum atomic E-state index is -0.979. The normalized spacial score (nSPS) is 14.2. The molecule has 1 unspecified atom stereocenters. The van der Waals surface area contributed by atoms with Crippen LogP contribution in [0.2, 0.25) is 10.0 Å². The molecule has 0 fully saturated rings. The number of aliphatic hydroxyl groups is 1. The van der Waals surface area contributed by atoms with Gasteiger partial charge in [-0.15, -0.1) is 0 Å². The summed E-state index contributed by atoms with van der Waals surface area (Å²) < 4.78 is 1.67. The zero-order valence-electron chi connectivity index (χ0n) is 11.4. The number of aromatic nitrogens is 2. The molecule has 1 atom stereocenters. The first-order valence-electron chi connectivity index (χ1n) is 6.24. The van der Waals surface area contributed by atoms with Crippen LogP contribution >= 0.6 is 23.2 Å². The highest BCUT2D eigenvalue weighted by Crippen LogP contribution is 2.22. The lowest BCUT2D eigenvalue weighted by Crippen LogP contribution is -2.34. The number of rotatable bonds is 5. The van der Waals surface area contributed by atoms with Crippen molar-refractivity contribution in [2.24, 2.45) is 7.05 Å². The Morgan fingerprint density at radius 3 is 2.75 bits per heavy atom. The SMILES string of the molecule is Cn1cc(C(C)(O)CNCc2ccc(Cl)cc2Cl)cn1. The standard InChI is InChI=1S/C14H17Cl2N3O/c1-14(20,11-7-18-19(2)8-11)9-17-6-10-3-4-12(15)5-13(10)16/h3-5,7-8,17,20H,6,9H2,1-2H3. The Kier molecular flexibility index (Phi) is 4.70. The summed E-state index contributed by atoms with van der Waals surface area (Å²) in [6, 6.07) is 5.37. The Morgan fingerprint density at radius 2 is 2.15 bits per heavy atom. The van der Waals surface area contributed by atoms with Crippen molar-refractivity contribution in [1.82, 2.24) is 15.1 Å². The zero-order chi connectivity index (χ0) is 14.8. The van der Waals surface area contributed by atoms with Gasteiger partial charge in [0.05, 0.1) is 6.20 Å². The largest absolute Gasteiger partial charge is 0.384 e. The smallest absolute Gasteiger partial charge is 0.102 e. The first-order valence-corrected chi connectivity index (χ1v) is 7.00. The third-order valence-corrected chi connectivity index (χ3v) is 3.71. The molecule has 2 aromatic rings. The summed E-state index contributed by atoms with van der Waals surface area (Å²) >= 11 is 12.0. The van der Waals surface area contributed by atoms with Crippen molar-refractivity contribution >= 4 is 23.2 Å². The van der Waals surface area contributed by atoms with E-state index >= 15 is 0 Å². The second-order valence-corrected chi connectivity index (χ2v) is 5.86. The highest BCUT2D eigenvalue weighted by Gasteiger charge is 2.24. The Labute approximate surface area is 128 Å². The fourth-order valence-corrected chi connectivity index (χ4v) is 2.38. The average molecular weight is 314 g/mol. The molecule has 1 aromatic heterocycles. The molecule has 2 rings (SSSR count). The number of halogens is 2. The molecule has 0 amide bonds. The van der Waals surface area contributed by atoms with E-state index in [1.165, 1.54) is 0 Å². The molecule has 6 heteroatoms. The maximum absolute atomic E-state index is 10.4. The van der Waals surface area contributed by atoms with Crippen LogP contribution in [0.4, 0.5) is 0 Å². The van der Waals surface area contributed by atoms with Gasteiger partial charge in [0, 0.05) is 41.9 Å². The fraction of sp³-hybridized carbons (Fsp3) is 0.357. The minimum absolute atomic E-state index is 0.400. The van der Waals surface area contributed by atoms with Gasteiger partial charge in [-0.3, -0.25) is 4.68 Å². The van der Waals surface area contributed by atoms with Crippen molar-refractivity contribution in [3.63, 3.8) is 0 Å². The van der Waals surface area contributed by atoms with Crippen LogP contribution in [0.1, 0.15) is 18.1 Å². The van der Waals surface area contributed by atoms with Gasteiger partial charge in [0.1, 0.15) is 5.60 Å². The zero-order valence-corrected chi connectivity index (χ0v) is 12.9. The van der Waals surface area contributed by atoms with Crippen LogP contribution in [0.3, 0.4) is 0 Å². The van der Waals surface area contributed by atoms with Crippen molar-refractivity contribution in [3.05, 3.63) is 51.8 Å². The van der Waals surface area contributed by atoms with Gasteiger partial charge in [-0.05, 0) is 24.6 Å². The van der Waals surface area contributed by atoms with Gasteiger partial charge >= 0.3 is 0 Å². The second kappa shape index (κ2) is 6.14. The predicted molar refractivity (Wildman–Crippen MR) is 80.9 cm³/mol. The quantitative estimate of drug-likeness (QED) is 0.892. The van der Waals surface area contributed by atoms with E-state index in [0.29, 0.717) is 23.1 Å². The van der Waals surface area contributed by atoms with Crippen LogP contribution in [0.5, 0.6) is 0 Å². The molecule has 1 aromatic carbocycles. The molecule has 4 nitrogen and oxygen atoms in total. The van der Waals surface area contributed by atoms with E-state index < -0.39 is 5.60 Å². The van der Waals surface area contributed by atoms with E-state index in [2.05, 4.69) is 10.4 Å². The monoisotopic (exact) mass is 313 g/mol. The van der Waals surface area contributed by atoms with Crippen molar-refractivity contribution in [2.75, 3.05) is 6.54 Å². The first kappa shape index (κ1) is 15.3. The predicted octanol–water partition coefficient (Wildman–Crippen LogP) is 2.72. The van der Waals surface area contributed by atoms with Gasteiger partial charge in [-0.1, -0.05) is 29.3 Å². The van der Waals surface area contributed by atoms with Crippen LogP contribution in [-0.4, -0.2) is 21.4 Å².